The van der Waals surface area contributed by atoms with Gasteiger partial charge < -0.3 is 5.32 Å². The molecule has 110 valence electrons. The number of carbonyl (C=O) groups excluding carboxylic acids is 1. The molecule has 1 aliphatic carbocycles. The molecule has 2 atom stereocenters. The first-order chi connectivity index (χ1) is 9.52. The van der Waals surface area contributed by atoms with Crippen molar-refractivity contribution in [2.45, 2.75) is 19.3 Å². The molecule has 0 radical (unpaired) electrons. The fourth-order valence-electron chi connectivity index (χ4n) is 2.66. The fourth-order valence-corrected chi connectivity index (χ4v) is 3.06. The average molecular weight is 306 g/mol. The monoisotopic (exact) mass is 305 g/mol. The second kappa shape index (κ2) is 6.48. The van der Waals surface area contributed by atoms with Gasteiger partial charge in [-0.3, -0.25) is 4.79 Å². The van der Waals surface area contributed by atoms with Crippen LogP contribution in [0.25, 0.3) is 0 Å². The molecule has 1 aromatic rings. The average Bonchev–Trinajstić information content (AvgIpc) is 2.82. The molecule has 1 saturated carbocycles. The number of amides is 1. The number of carbonyl (C=O) groups is 1. The van der Waals surface area contributed by atoms with Crippen molar-refractivity contribution >= 4 is 17.5 Å². The molecule has 20 heavy (non-hydrogen) atoms. The Kier molecular flexibility index (Phi) is 4.91. The van der Waals surface area contributed by atoms with Gasteiger partial charge in [-0.2, -0.15) is 0 Å². The molecule has 1 fully saturated rings. The summed E-state index contributed by atoms with van der Waals surface area (Å²) in [6.45, 7) is 0.326. The van der Waals surface area contributed by atoms with Gasteiger partial charge in [0.05, 0.1) is 0 Å². The molecule has 6 heteroatoms. The van der Waals surface area contributed by atoms with E-state index in [1.54, 1.807) is 0 Å². The quantitative estimate of drug-likeness (QED) is 0.848. The number of halogens is 4. The van der Waals surface area contributed by atoms with E-state index < -0.39 is 28.9 Å². The molecule has 0 aliphatic heterocycles. The third kappa shape index (κ3) is 3.26. The first kappa shape index (κ1) is 15.2. The van der Waals surface area contributed by atoms with Crippen LogP contribution < -0.4 is 5.32 Å². The van der Waals surface area contributed by atoms with Gasteiger partial charge in [0.15, 0.2) is 0 Å². The number of benzene rings is 1. The maximum absolute atomic E-state index is 13.4. The van der Waals surface area contributed by atoms with Gasteiger partial charge in [-0.05, 0) is 24.7 Å². The van der Waals surface area contributed by atoms with E-state index >= 15 is 0 Å². The molecule has 0 spiro atoms. The largest absolute Gasteiger partial charge is 0.352 e. The molecule has 1 amide bonds. The van der Waals surface area contributed by atoms with Crippen LogP contribution in [0, 0.1) is 29.3 Å². The topological polar surface area (TPSA) is 29.1 Å². The Labute approximate surface area is 120 Å². The van der Waals surface area contributed by atoms with Gasteiger partial charge in [-0.25, -0.2) is 13.2 Å². The van der Waals surface area contributed by atoms with Crippen LogP contribution in [0.4, 0.5) is 13.2 Å². The van der Waals surface area contributed by atoms with E-state index in [9.17, 15) is 18.0 Å². The molecule has 1 N–H and O–H groups in total. The molecule has 0 heterocycles. The minimum atomic E-state index is -1.19. The Morgan fingerprint density at radius 2 is 1.80 bits per heavy atom. The lowest BCUT2D eigenvalue weighted by atomic mass is 9.98. The predicted octanol–water partition coefficient (Wildman–Crippen LogP) is 3.49. The molecule has 0 saturated heterocycles. The van der Waals surface area contributed by atoms with E-state index in [1.165, 1.54) is 0 Å². The number of hydrogen-bond acceptors (Lipinski definition) is 1. The van der Waals surface area contributed by atoms with Crippen LogP contribution in [0.1, 0.15) is 29.6 Å². The lowest BCUT2D eigenvalue weighted by Crippen LogP contribution is -2.32. The number of rotatable bonds is 4. The normalized spacial score (nSPS) is 22.0. The summed E-state index contributed by atoms with van der Waals surface area (Å²) < 4.78 is 39.7. The zero-order valence-corrected chi connectivity index (χ0v) is 11.5. The highest BCUT2D eigenvalue weighted by molar-refractivity contribution is 6.18. The first-order valence-corrected chi connectivity index (χ1v) is 7.05. The zero-order chi connectivity index (χ0) is 14.7. The van der Waals surface area contributed by atoms with E-state index in [1.807, 2.05) is 0 Å². The van der Waals surface area contributed by atoms with E-state index in [4.69, 9.17) is 11.6 Å². The van der Waals surface area contributed by atoms with Crippen molar-refractivity contribution in [1.82, 2.24) is 5.32 Å². The maximum atomic E-state index is 13.4. The number of alkyl halides is 1. The SMILES string of the molecule is O=C(NCC1CCCC1CCl)c1c(F)cc(F)cc1F. The van der Waals surface area contributed by atoms with Crippen LogP contribution in [0.5, 0.6) is 0 Å². The van der Waals surface area contributed by atoms with Crippen molar-refractivity contribution in [1.29, 1.82) is 0 Å². The van der Waals surface area contributed by atoms with Crippen molar-refractivity contribution in [2.24, 2.45) is 11.8 Å². The Morgan fingerprint density at radius 1 is 1.20 bits per heavy atom. The lowest BCUT2D eigenvalue weighted by Gasteiger charge is -2.17. The van der Waals surface area contributed by atoms with Gasteiger partial charge >= 0.3 is 0 Å². The van der Waals surface area contributed by atoms with E-state index in [-0.39, 0.29) is 5.92 Å². The van der Waals surface area contributed by atoms with Gasteiger partial charge in [-0.1, -0.05) is 6.42 Å². The summed E-state index contributed by atoms with van der Waals surface area (Å²) in [4.78, 5) is 11.8. The summed E-state index contributed by atoms with van der Waals surface area (Å²) in [6.07, 6.45) is 2.98. The van der Waals surface area contributed by atoms with Crippen molar-refractivity contribution in [2.75, 3.05) is 12.4 Å². The van der Waals surface area contributed by atoms with Gasteiger partial charge in [0, 0.05) is 24.6 Å². The Morgan fingerprint density at radius 3 is 2.40 bits per heavy atom. The summed E-state index contributed by atoms with van der Waals surface area (Å²) in [7, 11) is 0. The van der Waals surface area contributed by atoms with Crippen LogP contribution in [0.3, 0.4) is 0 Å². The second-order valence-corrected chi connectivity index (χ2v) is 5.37. The van der Waals surface area contributed by atoms with Crippen molar-refractivity contribution in [3.63, 3.8) is 0 Å². The summed E-state index contributed by atoms with van der Waals surface area (Å²) >= 11 is 5.83. The Hall–Kier alpha value is -1.23. The van der Waals surface area contributed by atoms with Crippen LogP contribution in [-0.2, 0) is 0 Å². The van der Waals surface area contributed by atoms with Crippen molar-refractivity contribution in [3.05, 3.63) is 35.1 Å². The third-order valence-corrected chi connectivity index (χ3v) is 4.17. The van der Waals surface area contributed by atoms with Gasteiger partial charge in [-0.15, -0.1) is 11.6 Å². The minimum absolute atomic E-state index is 0.225. The Balaban J connectivity index is 2.02. The lowest BCUT2D eigenvalue weighted by molar-refractivity contribution is 0.0936. The third-order valence-electron chi connectivity index (χ3n) is 3.77. The molecule has 2 unspecified atom stereocenters. The molecule has 1 aliphatic rings. The summed E-state index contributed by atoms with van der Waals surface area (Å²) in [6, 6.07) is 0.990. The predicted molar refractivity (Wildman–Crippen MR) is 70.2 cm³/mol. The molecule has 1 aromatic carbocycles. The molecule has 0 aromatic heterocycles. The minimum Gasteiger partial charge on any atom is -0.352 e. The van der Waals surface area contributed by atoms with Crippen molar-refractivity contribution in [3.8, 4) is 0 Å². The molecular formula is C14H15ClF3NO. The highest BCUT2D eigenvalue weighted by Crippen LogP contribution is 2.32. The second-order valence-electron chi connectivity index (χ2n) is 5.06. The standard InChI is InChI=1S/C14H15ClF3NO/c15-6-8-2-1-3-9(8)7-19-14(20)13-11(17)4-10(16)5-12(13)18/h4-5,8-9H,1-3,6-7H2,(H,19,20). The number of hydrogen-bond donors (Lipinski definition) is 1. The fraction of sp³-hybridized carbons (Fsp3) is 0.500. The van der Waals surface area contributed by atoms with Crippen LogP contribution >= 0.6 is 11.6 Å². The van der Waals surface area contributed by atoms with Gasteiger partial charge in [0.25, 0.3) is 5.91 Å². The zero-order valence-electron chi connectivity index (χ0n) is 10.8. The summed E-state index contributed by atoms with van der Waals surface area (Å²) in [5.41, 5.74) is -0.744. The van der Waals surface area contributed by atoms with E-state index in [0.29, 0.717) is 30.5 Å². The van der Waals surface area contributed by atoms with Gasteiger partial charge in [0.1, 0.15) is 23.0 Å². The van der Waals surface area contributed by atoms with Crippen LogP contribution in [0.2, 0.25) is 0 Å². The molecule has 0 bridgehead atoms. The van der Waals surface area contributed by atoms with Crippen molar-refractivity contribution < 1.29 is 18.0 Å². The molecular weight excluding hydrogens is 291 g/mol. The van der Waals surface area contributed by atoms with Crippen LogP contribution in [0.15, 0.2) is 12.1 Å². The molecule has 2 nitrogen and oxygen atoms in total. The highest BCUT2D eigenvalue weighted by Gasteiger charge is 2.27. The van der Waals surface area contributed by atoms with Crippen LogP contribution in [-0.4, -0.2) is 18.3 Å². The van der Waals surface area contributed by atoms with Gasteiger partial charge in [0.2, 0.25) is 0 Å². The van der Waals surface area contributed by atoms with E-state index in [2.05, 4.69) is 5.32 Å². The Bertz CT molecular complexity index is 486. The number of nitrogens with one attached hydrogen (secondary N) is 1. The smallest absolute Gasteiger partial charge is 0.257 e. The maximum Gasteiger partial charge on any atom is 0.257 e. The van der Waals surface area contributed by atoms with E-state index in [0.717, 1.165) is 19.3 Å². The summed E-state index contributed by atoms with van der Waals surface area (Å²) in [5.74, 6) is -3.24. The first-order valence-electron chi connectivity index (χ1n) is 6.51. The highest BCUT2D eigenvalue weighted by atomic mass is 35.5. The summed E-state index contributed by atoms with van der Waals surface area (Å²) in [5, 5.41) is 2.51. The molecule has 2 rings (SSSR count).